The Kier molecular flexibility index (Phi) is 4.61. The van der Waals surface area contributed by atoms with Crippen molar-refractivity contribution < 1.29 is 19.4 Å². The van der Waals surface area contributed by atoms with Gasteiger partial charge in [-0.05, 0) is 29.8 Å². The number of aromatic hydroxyl groups is 1. The topological polar surface area (TPSA) is 71.4 Å². The third-order valence-corrected chi connectivity index (χ3v) is 4.24. The van der Waals surface area contributed by atoms with Gasteiger partial charge in [-0.3, -0.25) is 4.79 Å². The van der Waals surface area contributed by atoms with Gasteiger partial charge in [-0.2, -0.15) is 5.10 Å². The van der Waals surface area contributed by atoms with Crippen molar-refractivity contribution >= 4 is 11.6 Å². The van der Waals surface area contributed by atoms with Gasteiger partial charge in [0.1, 0.15) is 5.75 Å². The van der Waals surface area contributed by atoms with Crippen molar-refractivity contribution in [1.82, 2.24) is 5.01 Å². The number of carbonyl (C=O) groups excluding carboxylic acids is 1. The van der Waals surface area contributed by atoms with E-state index >= 15 is 0 Å². The van der Waals surface area contributed by atoms with Gasteiger partial charge in [-0.1, -0.05) is 18.2 Å². The average molecular weight is 340 g/mol. The molecular formula is C19H20N2O4. The van der Waals surface area contributed by atoms with Gasteiger partial charge in [0.15, 0.2) is 11.5 Å². The molecule has 0 unspecified atom stereocenters. The summed E-state index contributed by atoms with van der Waals surface area (Å²) in [6.07, 6.45) is 0.507. The van der Waals surface area contributed by atoms with Gasteiger partial charge in [0.05, 0.1) is 26.0 Å². The van der Waals surface area contributed by atoms with Crippen LogP contribution in [0.4, 0.5) is 0 Å². The molecule has 0 aromatic heterocycles. The predicted octanol–water partition coefficient (Wildman–Crippen LogP) is 3.11. The standard InChI is InChI=1S/C19H20N2O4/c1-12(22)21-16(13-8-9-18(24-2)19(10-13)25-3)11-15(20-21)14-6-4-5-7-17(14)23/h4-10,16,23H,11H2,1-3H3/t16-/m1/s1. The van der Waals surface area contributed by atoms with Gasteiger partial charge in [0.2, 0.25) is 5.91 Å². The molecule has 1 aliphatic heterocycles. The average Bonchev–Trinajstić information content (AvgIpc) is 3.07. The minimum atomic E-state index is -0.257. The summed E-state index contributed by atoms with van der Waals surface area (Å²) in [4.78, 5) is 12.1. The van der Waals surface area contributed by atoms with Gasteiger partial charge in [-0.15, -0.1) is 0 Å². The number of phenols is 1. The zero-order valence-corrected chi connectivity index (χ0v) is 14.4. The smallest absolute Gasteiger partial charge is 0.240 e. The lowest BCUT2D eigenvalue weighted by atomic mass is 9.97. The van der Waals surface area contributed by atoms with Crippen LogP contribution in [0.3, 0.4) is 0 Å². The maximum atomic E-state index is 12.1. The Labute approximate surface area is 146 Å². The van der Waals surface area contributed by atoms with E-state index < -0.39 is 0 Å². The summed E-state index contributed by atoms with van der Waals surface area (Å²) < 4.78 is 10.6. The lowest BCUT2D eigenvalue weighted by molar-refractivity contribution is -0.130. The molecule has 1 aliphatic rings. The second kappa shape index (κ2) is 6.84. The first-order valence-corrected chi connectivity index (χ1v) is 7.92. The first kappa shape index (κ1) is 16.8. The Hall–Kier alpha value is -3.02. The fourth-order valence-electron chi connectivity index (χ4n) is 3.00. The van der Waals surface area contributed by atoms with Crippen LogP contribution in [0, 0.1) is 0 Å². The maximum Gasteiger partial charge on any atom is 0.240 e. The molecule has 0 saturated heterocycles. The summed E-state index contributed by atoms with van der Waals surface area (Å²) in [6.45, 7) is 1.48. The van der Waals surface area contributed by atoms with Crippen molar-refractivity contribution in [2.75, 3.05) is 14.2 Å². The van der Waals surface area contributed by atoms with Crippen LogP contribution >= 0.6 is 0 Å². The van der Waals surface area contributed by atoms with E-state index in [2.05, 4.69) is 5.10 Å². The molecule has 130 valence electrons. The number of nitrogens with zero attached hydrogens (tertiary/aromatic N) is 2. The molecule has 0 radical (unpaired) electrons. The van der Waals surface area contributed by atoms with Gasteiger partial charge >= 0.3 is 0 Å². The summed E-state index contributed by atoms with van der Waals surface area (Å²) in [5.74, 6) is 1.21. The Bertz CT molecular complexity index is 832. The number of amides is 1. The zero-order valence-electron chi connectivity index (χ0n) is 14.4. The van der Waals surface area contributed by atoms with Crippen LogP contribution in [0.15, 0.2) is 47.6 Å². The third kappa shape index (κ3) is 3.15. The molecule has 2 aromatic carbocycles. The number of benzene rings is 2. The van der Waals surface area contributed by atoms with Crippen molar-refractivity contribution in [2.45, 2.75) is 19.4 Å². The van der Waals surface area contributed by atoms with E-state index in [-0.39, 0.29) is 17.7 Å². The molecule has 3 rings (SSSR count). The van der Waals surface area contributed by atoms with Crippen molar-refractivity contribution in [3.8, 4) is 17.2 Å². The number of phenolic OH excluding ortho intramolecular Hbond substituents is 1. The van der Waals surface area contributed by atoms with Crippen LogP contribution < -0.4 is 9.47 Å². The summed E-state index contributed by atoms with van der Waals surface area (Å²) in [5.41, 5.74) is 2.20. The molecule has 0 saturated carbocycles. The first-order chi connectivity index (χ1) is 12.0. The first-order valence-electron chi connectivity index (χ1n) is 7.92. The highest BCUT2D eigenvalue weighted by atomic mass is 16.5. The summed E-state index contributed by atoms with van der Waals surface area (Å²) in [7, 11) is 3.15. The van der Waals surface area contributed by atoms with Crippen LogP contribution in [0.2, 0.25) is 0 Å². The molecule has 6 nitrogen and oxygen atoms in total. The van der Waals surface area contributed by atoms with Crippen LogP contribution in [0.1, 0.15) is 30.5 Å². The Morgan fingerprint density at radius 2 is 1.88 bits per heavy atom. The highest BCUT2D eigenvalue weighted by Gasteiger charge is 2.32. The Balaban J connectivity index is 1.98. The van der Waals surface area contributed by atoms with Gasteiger partial charge in [0.25, 0.3) is 0 Å². The second-order valence-corrected chi connectivity index (χ2v) is 5.76. The molecule has 1 heterocycles. The fraction of sp³-hybridized carbons (Fsp3) is 0.263. The SMILES string of the molecule is COc1ccc([C@H]2CC(c3ccccc3O)=NN2C(C)=O)cc1OC. The summed E-state index contributed by atoms with van der Waals surface area (Å²) in [5, 5.41) is 16.0. The molecule has 1 N–H and O–H groups in total. The molecule has 25 heavy (non-hydrogen) atoms. The largest absolute Gasteiger partial charge is 0.507 e. The predicted molar refractivity (Wildman–Crippen MR) is 94.1 cm³/mol. The van der Waals surface area contributed by atoms with Crippen LogP contribution in [0.5, 0.6) is 17.2 Å². The highest BCUT2D eigenvalue weighted by Crippen LogP contribution is 2.38. The summed E-state index contributed by atoms with van der Waals surface area (Å²) in [6, 6.07) is 12.3. The van der Waals surface area contributed by atoms with Crippen molar-refractivity contribution in [2.24, 2.45) is 5.10 Å². The zero-order chi connectivity index (χ0) is 18.0. The minimum absolute atomic E-state index is 0.151. The van der Waals surface area contributed by atoms with E-state index in [1.165, 1.54) is 11.9 Å². The molecule has 2 aromatic rings. The van der Waals surface area contributed by atoms with Crippen LogP contribution in [-0.2, 0) is 4.79 Å². The lowest BCUT2D eigenvalue weighted by Crippen LogP contribution is -2.24. The normalized spacial score (nSPS) is 16.5. The fourth-order valence-corrected chi connectivity index (χ4v) is 3.00. The molecule has 0 fully saturated rings. The number of para-hydroxylation sites is 1. The molecule has 1 amide bonds. The van der Waals surface area contributed by atoms with E-state index in [0.29, 0.717) is 29.2 Å². The highest BCUT2D eigenvalue weighted by molar-refractivity contribution is 6.05. The number of ether oxygens (including phenoxy) is 2. The van der Waals surface area contributed by atoms with Crippen molar-refractivity contribution in [3.63, 3.8) is 0 Å². The van der Waals surface area contributed by atoms with E-state index in [1.807, 2.05) is 24.3 Å². The molecule has 0 spiro atoms. The Morgan fingerprint density at radius 1 is 1.16 bits per heavy atom. The van der Waals surface area contributed by atoms with Crippen LogP contribution in [-0.4, -0.2) is 36.0 Å². The second-order valence-electron chi connectivity index (χ2n) is 5.76. The van der Waals surface area contributed by atoms with Crippen LogP contribution in [0.25, 0.3) is 0 Å². The molecule has 1 atom stereocenters. The number of hydrazone groups is 1. The number of carbonyl (C=O) groups is 1. The van der Waals surface area contributed by atoms with E-state index in [9.17, 15) is 9.90 Å². The maximum absolute atomic E-state index is 12.1. The monoisotopic (exact) mass is 340 g/mol. The van der Waals surface area contributed by atoms with Crippen molar-refractivity contribution in [1.29, 1.82) is 0 Å². The van der Waals surface area contributed by atoms with E-state index in [1.54, 1.807) is 32.4 Å². The van der Waals surface area contributed by atoms with Crippen molar-refractivity contribution in [3.05, 3.63) is 53.6 Å². The number of methoxy groups -OCH3 is 2. The molecular weight excluding hydrogens is 320 g/mol. The number of hydrogen-bond acceptors (Lipinski definition) is 5. The van der Waals surface area contributed by atoms with Gasteiger partial charge in [0, 0.05) is 18.9 Å². The molecule has 6 heteroatoms. The number of hydrogen-bond donors (Lipinski definition) is 1. The summed E-state index contributed by atoms with van der Waals surface area (Å²) >= 11 is 0. The third-order valence-electron chi connectivity index (χ3n) is 4.24. The quantitative estimate of drug-likeness (QED) is 0.928. The van der Waals surface area contributed by atoms with E-state index in [4.69, 9.17) is 9.47 Å². The lowest BCUT2D eigenvalue weighted by Gasteiger charge is -2.21. The number of rotatable bonds is 4. The van der Waals surface area contributed by atoms with Gasteiger partial charge < -0.3 is 14.6 Å². The Morgan fingerprint density at radius 3 is 2.52 bits per heavy atom. The molecule has 0 aliphatic carbocycles. The van der Waals surface area contributed by atoms with E-state index in [0.717, 1.165) is 5.56 Å². The molecule has 0 bridgehead atoms. The minimum Gasteiger partial charge on any atom is -0.507 e. The van der Waals surface area contributed by atoms with Gasteiger partial charge in [-0.25, -0.2) is 5.01 Å².